The first-order valence-electron chi connectivity index (χ1n) is 6.78. The average molecular weight is 312 g/mol. The molecule has 2 rings (SSSR count). The van der Waals surface area contributed by atoms with Gasteiger partial charge in [0.15, 0.2) is 9.84 Å². The Bertz CT molecular complexity index is 628. The van der Waals surface area contributed by atoms with Crippen LogP contribution in [0.3, 0.4) is 0 Å². The van der Waals surface area contributed by atoms with Gasteiger partial charge in [0.1, 0.15) is 5.75 Å². The summed E-state index contributed by atoms with van der Waals surface area (Å²) in [7, 11) is -1.44. The molecule has 1 aliphatic rings. The summed E-state index contributed by atoms with van der Waals surface area (Å²) in [5.41, 5.74) is 1.60. The fourth-order valence-electron chi connectivity index (χ4n) is 2.33. The third kappa shape index (κ3) is 4.44. The molecule has 1 aliphatic heterocycles. The molecule has 0 radical (unpaired) electrons. The molecule has 6 nitrogen and oxygen atoms in total. The van der Waals surface area contributed by atoms with Crippen LogP contribution in [0, 0.1) is 6.92 Å². The maximum Gasteiger partial charge on any atom is 0.225 e. The smallest absolute Gasteiger partial charge is 0.225 e. The standard InChI is InChI=1S/C14H20N2O4S/c1-10-7-12(20-2)3-4-13(10)16-14(17)8-11-9-21(18,19)6-5-15-11/h3-4,7,11,15H,5-6,8-9H2,1-2H3,(H,16,17). The molecule has 2 N–H and O–H groups in total. The molecule has 0 spiro atoms. The van der Waals surface area contributed by atoms with Gasteiger partial charge in [-0.15, -0.1) is 0 Å². The van der Waals surface area contributed by atoms with Crippen molar-refractivity contribution in [3.8, 4) is 5.75 Å². The van der Waals surface area contributed by atoms with Crippen molar-refractivity contribution in [1.29, 1.82) is 0 Å². The summed E-state index contributed by atoms with van der Waals surface area (Å²) in [4.78, 5) is 12.0. The number of ether oxygens (including phenoxy) is 1. The number of sulfone groups is 1. The molecule has 21 heavy (non-hydrogen) atoms. The summed E-state index contributed by atoms with van der Waals surface area (Å²) in [6, 6.07) is 5.06. The predicted octanol–water partition coefficient (Wildman–Crippen LogP) is 0.719. The van der Waals surface area contributed by atoms with E-state index < -0.39 is 9.84 Å². The van der Waals surface area contributed by atoms with Crippen LogP contribution in [0.4, 0.5) is 5.69 Å². The molecule has 7 heteroatoms. The molecule has 0 saturated carbocycles. The van der Waals surface area contributed by atoms with Crippen molar-refractivity contribution in [2.45, 2.75) is 19.4 Å². The van der Waals surface area contributed by atoms with Gasteiger partial charge >= 0.3 is 0 Å². The quantitative estimate of drug-likeness (QED) is 0.856. The minimum Gasteiger partial charge on any atom is -0.497 e. The van der Waals surface area contributed by atoms with Gasteiger partial charge in [-0.2, -0.15) is 0 Å². The molecule has 1 fully saturated rings. The van der Waals surface area contributed by atoms with E-state index in [1.165, 1.54) is 0 Å². The number of carbonyl (C=O) groups excluding carboxylic acids is 1. The lowest BCUT2D eigenvalue weighted by Gasteiger charge is -2.23. The monoisotopic (exact) mass is 312 g/mol. The summed E-state index contributed by atoms with van der Waals surface area (Å²) < 4.78 is 28.2. The Morgan fingerprint density at radius 2 is 2.24 bits per heavy atom. The van der Waals surface area contributed by atoms with Gasteiger partial charge in [-0.25, -0.2) is 8.42 Å². The molecule has 1 saturated heterocycles. The second-order valence-electron chi connectivity index (χ2n) is 5.20. The number of aryl methyl sites for hydroxylation is 1. The summed E-state index contributed by atoms with van der Waals surface area (Å²) in [5.74, 6) is 0.688. The van der Waals surface area contributed by atoms with Crippen molar-refractivity contribution in [2.75, 3.05) is 30.5 Å². The van der Waals surface area contributed by atoms with E-state index in [-0.39, 0.29) is 29.9 Å². The first kappa shape index (κ1) is 15.8. The zero-order valence-corrected chi connectivity index (χ0v) is 13.0. The van der Waals surface area contributed by atoms with Crippen LogP contribution in [-0.4, -0.2) is 45.5 Å². The van der Waals surface area contributed by atoms with Crippen molar-refractivity contribution in [3.05, 3.63) is 23.8 Å². The molecule has 1 atom stereocenters. The second-order valence-corrected chi connectivity index (χ2v) is 7.43. The molecule has 1 amide bonds. The Kier molecular flexibility index (Phi) is 4.84. The van der Waals surface area contributed by atoms with Crippen molar-refractivity contribution in [1.82, 2.24) is 5.32 Å². The molecule has 1 unspecified atom stereocenters. The molecular weight excluding hydrogens is 292 g/mol. The second kappa shape index (κ2) is 6.44. The number of rotatable bonds is 4. The van der Waals surface area contributed by atoms with Crippen LogP contribution in [0.2, 0.25) is 0 Å². The van der Waals surface area contributed by atoms with Gasteiger partial charge in [-0.3, -0.25) is 4.79 Å². The summed E-state index contributed by atoms with van der Waals surface area (Å²) in [6.07, 6.45) is 0.144. The number of methoxy groups -OCH3 is 1. The molecule has 0 aliphatic carbocycles. The van der Waals surface area contributed by atoms with Crippen molar-refractivity contribution >= 4 is 21.4 Å². The van der Waals surface area contributed by atoms with Crippen molar-refractivity contribution in [3.63, 3.8) is 0 Å². The number of anilines is 1. The summed E-state index contributed by atoms with van der Waals surface area (Å²) in [6.45, 7) is 2.28. The van der Waals surface area contributed by atoms with Gasteiger partial charge in [-0.05, 0) is 30.7 Å². The van der Waals surface area contributed by atoms with Gasteiger partial charge in [0, 0.05) is 24.7 Å². The highest BCUT2D eigenvalue weighted by Gasteiger charge is 2.26. The number of benzene rings is 1. The predicted molar refractivity (Wildman–Crippen MR) is 81.4 cm³/mol. The number of amides is 1. The molecular formula is C14H20N2O4S. The Morgan fingerprint density at radius 1 is 1.48 bits per heavy atom. The third-order valence-electron chi connectivity index (χ3n) is 3.44. The van der Waals surface area contributed by atoms with E-state index in [4.69, 9.17) is 4.74 Å². The molecule has 1 aromatic rings. The number of carbonyl (C=O) groups is 1. The molecule has 1 aromatic carbocycles. The van der Waals surface area contributed by atoms with Gasteiger partial charge in [0.05, 0.1) is 18.6 Å². The first-order chi connectivity index (χ1) is 9.89. The van der Waals surface area contributed by atoms with Crippen LogP contribution >= 0.6 is 0 Å². The average Bonchev–Trinajstić information content (AvgIpc) is 2.39. The first-order valence-corrected chi connectivity index (χ1v) is 8.60. The highest BCUT2D eigenvalue weighted by Crippen LogP contribution is 2.21. The van der Waals surface area contributed by atoms with Crippen LogP contribution < -0.4 is 15.4 Å². The minimum absolute atomic E-state index is 0.0159. The van der Waals surface area contributed by atoms with Crippen LogP contribution in [0.15, 0.2) is 18.2 Å². The Morgan fingerprint density at radius 3 is 2.86 bits per heavy atom. The highest BCUT2D eigenvalue weighted by atomic mass is 32.2. The van der Waals surface area contributed by atoms with Crippen LogP contribution in [-0.2, 0) is 14.6 Å². The van der Waals surface area contributed by atoms with E-state index in [1.807, 2.05) is 13.0 Å². The van der Waals surface area contributed by atoms with E-state index in [0.29, 0.717) is 12.2 Å². The minimum atomic E-state index is -3.03. The zero-order chi connectivity index (χ0) is 15.5. The fraction of sp³-hybridized carbons (Fsp3) is 0.500. The number of hydrogen-bond donors (Lipinski definition) is 2. The van der Waals surface area contributed by atoms with Crippen LogP contribution in [0.25, 0.3) is 0 Å². The van der Waals surface area contributed by atoms with E-state index in [9.17, 15) is 13.2 Å². The van der Waals surface area contributed by atoms with E-state index >= 15 is 0 Å². The lowest BCUT2D eigenvalue weighted by atomic mass is 10.1. The van der Waals surface area contributed by atoms with E-state index in [1.54, 1.807) is 19.2 Å². The molecule has 0 aromatic heterocycles. The highest BCUT2D eigenvalue weighted by molar-refractivity contribution is 7.91. The number of hydrogen-bond acceptors (Lipinski definition) is 5. The topological polar surface area (TPSA) is 84.5 Å². The number of nitrogens with one attached hydrogen (secondary N) is 2. The lowest BCUT2D eigenvalue weighted by molar-refractivity contribution is -0.116. The Labute approximate surface area is 124 Å². The summed E-state index contributed by atoms with van der Waals surface area (Å²) in [5, 5.41) is 5.87. The van der Waals surface area contributed by atoms with Crippen molar-refractivity contribution < 1.29 is 17.9 Å². The zero-order valence-electron chi connectivity index (χ0n) is 12.2. The summed E-state index contributed by atoms with van der Waals surface area (Å²) >= 11 is 0. The van der Waals surface area contributed by atoms with Gasteiger partial charge in [0.25, 0.3) is 0 Å². The third-order valence-corrected chi connectivity index (χ3v) is 5.18. The van der Waals surface area contributed by atoms with Crippen molar-refractivity contribution in [2.24, 2.45) is 0 Å². The van der Waals surface area contributed by atoms with E-state index in [0.717, 1.165) is 11.3 Å². The van der Waals surface area contributed by atoms with Gasteiger partial charge < -0.3 is 15.4 Å². The van der Waals surface area contributed by atoms with Crippen LogP contribution in [0.1, 0.15) is 12.0 Å². The SMILES string of the molecule is COc1ccc(NC(=O)CC2CS(=O)(=O)CCN2)c(C)c1. The Balaban J connectivity index is 1.96. The maximum atomic E-state index is 12.0. The van der Waals surface area contributed by atoms with E-state index in [2.05, 4.69) is 10.6 Å². The largest absolute Gasteiger partial charge is 0.497 e. The van der Waals surface area contributed by atoms with Crippen LogP contribution in [0.5, 0.6) is 5.75 Å². The normalized spacial score (nSPS) is 20.8. The lowest BCUT2D eigenvalue weighted by Crippen LogP contribution is -2.46. The van der Waals surface area contributed by atoms with Gasteiger partial charge in [-0.1, -0.05) is 0 Å². The maximum absolute atomic E-state index is 12.0. The Hall–Kier alpha value is -1.60. The molecule has 116 valence electrons. The molecule has 1 heterocycles. The van der Waals surface area contributed by atoms with Gasteiger partial charge in [0.2, 0.25) is 5.91 Å². The fourth-order valence-corrected chi connectivity index (χ4v) is 3.77. The molecule has 0 bridgehead atoms.